The van der Waals surface area contributed by atoms with Gasteiger partial charge in [-0.1, -0.05) is 80.9 Å². The van der Waals surface area contributed by atoms with Crippen molar-refractivity contribution in [1.29, 1.82) is 0 Å². The lowest BCUT2D eigenvalue weighted by atomic mass is 9.87. The van der Waals surface area contributed by atoms with Crippen LogP contribution in [-0.2, 0) is 9.53 Å². The fourth-order valence-corrected chi connectivity index (χ4v) is 5.27. The summed E-state index contributed by atoms with van der Waals surface area (Å²) >= 11 is 0. The molecule has 11 nitrogen and oxygen atoms in total. The Labute approximate surface area is 273 Å². The average molecular weight is 655 g/mol. The van der Waals surface area contributed by atoms with Crippen molar-refractivity contribution in [3.63, 3.8) is 0 Å². The molecule has 11 unspecified atom stereocenters. The minimum absolute atomic E-state index is 0.0162. The van der Waals surface area contributed by atoms with Gasteiger partial charge in [0, 0.05) is 12.8 Å². The van der Waals surface area contributed by atoms with Crippen LogP contribution in [0.15, 0.2) is 60.3 Å². The zero-order valence-electron chi connectivity index (χ0n) is 27.5. The summed E-state index contributed by atoms with van der Waals surface area (Å²) in [6, 6.07) is 0. The van der Waals surface area contributed by atoms with Crippen molar-refractivity contribution in [3.8, 4) is 0 Å². The highest BCUT2D eigenvalue weighted by Gasteiger charge is 2.37. The van der Waals surface area contributed by atoms with Gasteiger partial charge in [-0.2, -0.15) is 0 Å². The maximum absolute atomic E-state index is 13.1. The number of esters is 1. The molecule has 264 valence electrons. The van der Waals surface area contributed by atoms with Gasteiger partial charge in [0.05, 0.1) is 48.8 Å². The van der Waals surface area contributed by atoms with E-state index in [1.165, 1.54) is 13.0 Å². The third kappa shape index (κ3) is 17.7. The number of aliphatic hydroxyl groups excluding tert-OH is 9. The number of allylic oxidation sites excluding steroid dienone is 8. The number of unbranched alkanes of at least 4 members (excludes halogenated alkanes) is 2. The Morgan fingerprint density at radius 3 is 1.74 bits per heavy atom. The highest BCUT2D eigenvalue weighted by molar-refractivity contribution is 5.74. The number of hydrogen-bond donors (Lipinski definition) is 9. The molecule has 11 atom stereocenters. The molecule has 11 heteroatoms. The van der Waals surface area contributed by atoms with Crippen LogP contribution in [0.2, 0.25) is 0 Å². The van der Waals surface area contributed by atoms with Crippen molar-refractivity contribution in [1.82, 2.24) is 0 Å². The Bertz CT molecular complexity index is 991. The standard InChI is InChI=1S/C35H58O11/c1-4-5-11-16-31(42)34-33(44)22-29(40)20-27(38)18-25(36)17-26(37)19-28(39)21-32(43)23(2)14-12-9-7-6-8-10-13-15-30(41)24(3)46-35(34)45/h6-10,12-15,24-34,36-44H,4-5,11,16-22H2,1-3H3/b7-6+,10-8+,12-9-,15-13+,23-14-. The lowest BCUT2D eigenvalue weighted by Crippen LogP contribution is -2.43. The first-order valence-corrected chi connectivity index (χ1v) is 16.4. The van der Waals surface area contributed by atoms with Crippen molar-refractivity contribution in [2.75, 3.05) is 0 Å². The zero-order valence-corrected chi connectivity index (χ0v) is 27.5. The first kappa shape index (κ1) is 41.8. The molecule has 0 saturated carbocycles. The van der Waals surface area contributed by atoms with Gasteiger partial charge in [-0.3, -0.25) is 4.79 Å². The molecule has 9 N–H and O–H groups in total. The third-order valence-corrected chi connectivity index (χ3v) is 8.03. The van der Waals surface area contributed by atoms with Crippen LogP contribution in [0, 0.1) is 5.92 Å². The fraction of sp³-hybridized carbons (Fsp3) is 0.686. The number of aliphatic hydroxyl groups is 9. The summed E-state index contributed by atoms with van der Waals surface area (Å²) in [7, 11) is 0. The van der Waals surface area contributed by atoms with Gasteiger partial charge in [0.15, 0.2) is 0 Å². The number of carbonyl (C=O) groups excluding carboxylic acids is 1. The van der Waals surface area contributed by atoms with Gasteiger partial charge in [-0.05, 0) is 51.5 Å². The molecular formula is C35H58O11. The van der Waals surface area contributed by atoms with E-state index in [1.54, 1.807) is 55.5 Å². The molecule has 1 aliphatic rings. The molecule has 1 heterocycles. The van der Waals surface area contributed by atoms with Gasteiger partial charge in [0.25, 0.3) is 0 Å². The van der Waals surface area contributed by atoms with Crippen molar-refractivity contribution in [2.24, 2.45) is 5.92 Å². The minimum Gasteiger partial charge on any atom is -0.459 e. The monoisotopic (exact) mass is 654 g/mol. The molecule has 0 fully saturated rings. The van der Waals surface area contributed by atoms with E-state index in [-0.39, 0.29) is 44.9 Å². The zero-order chi connectivity index (χ0) is 34.6. The Morgan fingerprint density at radius 2 is 1.20 bits per heavy atom. The maximum atomic E-state index is 13.1. The van der Waals surface area contributed by atoms with Crippen molar-refractivity contribution in [3.05, 3.63) is 60.3 Å². The number of carbonyl (C=O) groups is 1. The molecule has 1 rings (SSSR count). The molecule has 0 aromatic heterocycles. The Balaban J connectivity index is 3.14. The molecule has 0 amide bonds. The SMILES string of the molecule is CCCCCC(O)C1C(=O)OC(C)C(O)/C=C/C=C/C=C/C=C\C=C(\C)C(O)CC(O)CC(O)CC(O)CC(O)CC(O)CC1O. The Kier molecular flexibility index (Phi) is 21.1. The molecule has 0 bridgehead atoms. The van der Waals surface area contributed by atoms with E-state index in [1.807, 2.05) is 6.92 Å². The van der Waals surface area contributed by atoms with Crippen LogP contribution >= 0.6 is 0 Å². The van der Waals surface area contributed by atoms with E-state index in [0.717, 1.165) is 12.8 Å². The van der Waals surface area contributed by atoms with Gasteiger partial charge >= 0.3 is 5.97 Å². The van der Waals surface area contributed by atoms with E-state index in [2.05, 4.69) is 0 Å². The lowest BCUT2D eigenvalue weighted by Gasteiger charge is -2.29. The predicted molar refractivity (Wildman–Crippen MR) is 175 cm³/mol. The van der Waals surface area contributed by atoms with Gasteiger partial charge in [0.1, 0.15) is 18.1 Å². The highest BCUT2D eigenvalue weighted by atomic mass is 16.6. The second kappa shape index (κ2) is 23.2. The summed E-state index contributed by atoms with van der Waals surface area (Å²) in [4.78, 5) is 13.1. The van der Waals surface area contributed by atoms with Crippen LogP contribution in [0.3, 0.4) is 0 Å². The predicted octanol–water partition coefficient (Wildman–Crippen LogP) is 1.89. The number of hydrogen-bond acceptors (Lipinski definition) is 11. The maximum Gasteiger partial charge on any atom is 0.314 e. The van der Waals surface area contributed by atoms with Crippen LogP contribution in [0.1, 0.15) is 85.0 Å². The van der Waals surface area contributed by atoms with E-state index in [0.29, 0.717) is 12.0 Å². The van der Waals surface area contributed by atoms with Crippen molar-refractivity contribution < 1.29 is 55.5 Å². The summed E-state index contributed by atoms with van der Waals surface area (Å²) < 4.78 is 5.42. The van der Waals surface area contributed by atoms with Crippen LogP contribution in [0.25, 0.3) is 0 Å². The summed E-state index contributed by atoms with van der Waals surface area (Å²) in [6.45, 7) is 5.18. The Hall–Kier alpha value is -2.19. The van der Waals surface area contributed by atoms with E-state index in [4.69, 9.17) is 4.74 Å². The summed E-state index contributed by atoms with van der Waals surface area (Å²) in [5.41, 5.74) is 0.609. The van der Waals surface area contributed by atoms with E-state index >= 15 is 0 Å². The molecule has 0 aromatic rings. The quantitative estimate of drug-likeness (QED) is 0.154. The van der Waals surface area contributed by atoms with Crippen LogP contribution in [0.5, 0.6) is 0 Å². The largest absolute Gasteiger partial charge is 0.459 e. The summed E-state index contributed by atoms with van der Waals surface area (Å²) in [5, 5.41) is 94.8. The fourth-order valence-electron chi connectivity index (χ4n) is 5.27. The van der Waals surface area contributed by atoms with Gasteiger partial charge in [-0.25, -0.2) is 0 Å². The van der Waals surface area contributed by atoms with E-state index in [9.17, 15) is 50.8 Å². The second-order valence-corrected chi connectivity index (χ2v) is 12.4. The smallest absolute Gasteiger partial charge is 0.314 e. The molecule has 0 radical (unpaired) electrons. The number of ether oxygens (including phenoxy) is 1. The van der Waals surface area contributed by atoms with Gasteiger partial charge in [-0.15, -0.1) is 0 Å². The molecule has 1 aliphatic heterocycles. The lowest BCUT2D eigenvalue weighted by molar-refractivity contribution is -0.168. The molecule has 0 aromatic carbocycles. The molecule has 0 aliphatic carbocycles. The van der Waals surface area contributed by atoms with Crippen LogP contribution < -0.4 is 0 Å². The molecule has 0 spiro atoms. The van der Waals surface area contributed by atoms with Crippen molar-refractivity contribution in [2.45, 2.75) is 146 Å². The van der Waals surface area contributed by atoms with Gasteiger partial charge < -0.3 is 50.7 Å². The average Bonchev–Trinajstić information content (AvgIpc) is 2.94. The second-order valence-electron chi connectivity index (χ2n) is 12.4. The summed E-state index contributed by atoms with van der Waals surface area (Å²) in [5.74, 6) is -2.33. The number of rotatable bonds is 5. The van der Waals surface area contributed by atoms with Crippen molar-refractivity contribution >= 4 is 5.97 Å². The molecular weight excluding hydrogens is 596 g/mol. The Morgan fingerprint density at radius 1 is 0.717 bits per heavy atom. The normalized spacial score (nSPS) is 38.6. The van der Waals surface area contributed by atoms with E-state index < -0.39 is 72.9 Å². The number of cyclic esters (lactones) is 1. The summed E-state index contributed by atoms with van der Waals surface area (Å²) in [6.07, 6.45) is 4.69. The molecule has 46 heavy (non-hydrogen) atoms. The minimum atomic E-state index is -1.52. The molecule has 0 saturated heterocycles. The van der Waals surface area contributed by atoms with Crippen LogP contribution in [-0.4, -0.2) is 113 Å². The third-order valence-electron chi connectivity index (χ3n) is 8.03. The van der Waals surface area contributed by atoms with Gasteiger partial charge in [0.2, 0.25) is 0 Å². The first-order chi connectivity index (χ1) is 21.7. The highest BCUT2D eigenvalue weighted by Crippen LogP contribution is 2.24. The first-order valence-electron chi connectivity index (χ1n) is 16.4. The topological polar surface area (TPSA) is 208 Å². The van der Waals surface area contributed by atoms with Crippen LogP contribution in [0.4, 0.5) is 0 Å².